The van der Waals surface area contributed by atoms with Crippen LogP contribution >= 0.6 is 11.3 Å². The molecule has 142 valence electrons. The molecule has 0 bridgehead atoms. The molecule has 2 aromatic heterocycles. The number of nitrogens with one attached hydrogen (secondary N) is 1. The predicted octanol–water partition coefficient (Wildman–Crippen LogP) is 5.13. The lowest BCUT2D eigenvalue weighted by Crippen LogP contribution is -2.00. The normalized spacial score (nSPS) is 10.7. The van der Waals surface area contributed by atoms with Crippen LogP contribution in [0.4, 0.5) is 11.6 Å². The van der Waals surface area contributed by atoms with Crippen molar-refractivity contribution in [3.63, 3.8) is 0 Å². The van der Waals surface area contributed by atoms with E-state index in [1.165, 1.54) is 10.1 Å². The smallest absolute Gasteiger partial charge is 0.227 e. The maximum atomic E-state index is 5.40. The minimum atomic E-state index is 0.490. The summed E-state index contributed by atoms with van der Waals surface area (Å²) in [6, 6.07) is 16.0. The van der Waals surface area contributed by atoms with Crippen LogP contribution in [0.15, 0.2) is 54.7 Å². The molecule has 0 fully saturated rings. The van der Waals surface area contributed by atoms with Crippen LogP contribution in [-0.4, -0.2) is 31.3 Å². The van der Waals surface area contributed by atoms with Crippen molar-refractivity contribution in [3.8, 4) is 27.8 Å². The molecular formula is C21H19N3O3S. The van der Waals surface area contributed by atoms with Crippen molar-refractivity contribution in [1.82, 2.24) is 9.97 Å². The number of anilines is 2. The summed E-state index contributed by atoms with van der Waals surface area (Å²) in [6.07, 6.45) is 1.74. The first-order valence-electron chi connectivity index (χ1n) is 8.61. The van der Waals surface area contributed by atoms with E-state index in [9.17, 15) is 0 Å². The maximum Gasteiger partial charge on any atom is 0.227 e. The minimum absolute atomic E-state index is 0.490. The molecule has 2 heterocycles. The van der Waals surface area contributed by atoms with E-state index in [2.05, 4.69) is 33.5 Å². The lowest BCUT2D eigenvalue weighted by molar-refractivity contribution is 0.324. The average Bonchev–Trinajstić information content (AvgIpc) is 3.17. The molecule has 0 amide bonds. The van der Waals surface area contributed by atoms with E-state index in [0.29, 0.717) is 23.2 Å². The van der Waals surface area contributed by atoms with Gasteiger partial charge in [-0.25, -0.2) is 9.97 Å². The molecule has 1 N–H and O–H groups in total. The summed E-state index contributed by atoms with van der Waals surface area (Å²) < 4.78 is 17.4. The summed E-state index contributed by atoms with van der Waals surface area (Å²) in [5.74, 6) is 2.15. The van der Waals surface area contributed by atoms with Crippen LogP contribution < -0.4 is 19.5 Å². The molecule has 0 unspecified atom stereocenters. The van der Waals surface area contributed by atoms with Crippen molar-refractivity contribution >= 4 is 33.1 Å². The predicted molar refractivity (Wildman–Crippen MR) is 112 cm³/mol. The summed E-state index contributed by atoms with van der Waals surface area (Å²) in [5, 5.41) is 4.42. The van der Waals surface area contributed by atoms with Crippen molar-refractivity contribution in [1.29, 1.82) is 0 Å². The zero-order valence-electron chi connectivity index (χ0n) is 15.7. The topological polar surface area (TPSA) is 65.5 Å². The SMILES string of the molecule is COc1cc(Nc2nccc(-c3cc4ccccc4s3)n2)cc(OC)c1OC. The average molecular weight is 393 g/mol. The highest BCUT2D eigenvalue weighted by molar-refractivity contribution is 7.22. The number of methoxy groups -OCH3 is 3. The van der Waals surface area contributed by atoms with E-state index in [1.807, 2.05) is 30.3 Å². The van der Waals surface area contributed by atoms with Gasteiger partial charge in [-0.05, 0) is 23.6 Å². The largest absolute Gasteiger partial charge is 0.493 e. The molecule has 28 heavy (non-hydrogen) atoms. The number of nitrogens with zero attached hydrogens (tertiary/aromatic N) is 2. The van der Waals surface area contributed by atoms with Crippen molar-refractivity contribution in [2.75, 3.05) is 26.6 Å². The minimum Gasteiger partial charge on any atom is -0.493 e. The van der Waals surface area contributed by atoms with Gasteiger partial charge in [0.15, 0.2) is 11.5 Å². The third-order valence-electron chi connectivity index (χ3n) is 4.25. The van der Waals surface area contributed by atoms with Gasteiger partial charge >= 0.3 is 0 Å². The quantitative estimate of drug-likeness (QED) is 0.490. The van der Waals surface area contributed by atoms with Crippen LogP contribution in [0.5, 0.6) is 17.2 Å². The number of rotatable bonds is 6. The van der Waals surface area contributed by atoms with Crippen LogP contribution in [0.2, 0.25) is 0 Å². The van der Waals surface area contributed by atoms with Gasteiger partial charge in [0.25, 0.3) is 0 Å². The van der Waals surface area contributed by atoms with E-state index < -0.39 is 0 Å². The third-order valence-corrected chi connectivity index (χ3v) is 5.39. The molecule has 0 aliphatic carbocycles. The van der Waals surface area contributed by atoms with E-state index >= 15 is 0 Å². The Morgan fingerprint density at radius 3 is 2.32 bits per heavy atom. The van der Waals surface area contributed by atoms with Gasteiger partial charge in [0.1, 0.15) is 0 Å². The second kappa shape index (κ2) is 7.74. The fourth-order valence-electron chi connectivity index (χ4n) is 2.95. The van der Waals surface area contributed by atoms with Gasteiger partial charge in [0.2, 0.25) is 11.7 Å². The van der Waals surface area contributed by atoms with Crippen LogP contribution in [-0.2, 0) is 0 Å². The van der Waals surface area contributed by atoms with E-state index in [1.54, 1.807) is 38.9 Å². The molecule has 0 aliphatic heterocycles. The first-order valence-corrected chi connectivity index (χ1v) is 9.42. The van der Waals surface area contributed by atoms with Crippen LogP contribution in [0.1, 0.15) is 0 Å². The molecule has 0 saturated carbocycles. The Morgan fingerprint density at radius 2 is 1.64 bits per heavy atom. The number of aromatic nitrogens is 2. The molecule has 0 aliphatic rings. The van der Waals surface area contributed by atoms with E-state index in [-0.39, 0.29) is 0 Å². The van der Waals surface area contributed by atoms with E-state index in [0.717, 1.165) is 16.3 Å². The highest BCUT2D eigenvalue weighted by Crippen LogP contribution is 2.40. The van der Waals surface area contributed by atoms with Gasteiger partial charge in [0.05, 0.1) is 31.9 Å². The van der Waals surface area contributed by atoms with Crippen molar-refractivity contribution in [2.45, 2.75) is 0 Å². The molecule has 2 aromatic carbocycles. The molecule has 0 saturated heterocycles. The molecule has 7 heteroatoms. The summed E-state index contributed by atoms with van der Waals surface area (Å²) in [4.78, 5) is 10.1. The first kappa shape index (κ1) is 18.1. The van der Waals surface area contributed by atoms with Crippen LogP contribution in [0, 0.1) is 0 Å². The van der Waals surface area contributed by atoms with Gasteiger partial charge in [-0.2, -0.15) is 0 Å². The third kappa shape index (κ3) is 3.44. The van der Waals surface area contributed by atoms with Gasteiger partial charge in [-0.3, -0.25) is 0 Å². The Balaban J connectivity index is 1.67. The Morgan fingerprint density at radius 1 is 0.893 bits per heavy atom. The van der Waals surface area contributed by atoms with Gasteiger partial charge < -0.3 is 19.5 Å². The second-order valence-electron chi connectivity index (χ2n) is 5.95. The van der Waals surface area contributed by atoms with Gasteiger partial charge in [-0.1, -0.05) is 18.2 Å². The van der Waals surface area contributed by atoms with Gasteiger partial charge in [0, 0.05) is 28.7 Å². The fourth-order valence-corrected chi connectivity index (χ4v) is 3.98. The summed E-state index contributed by atoms with van der Waals surface area (Å²) in [6.45, 7) is 0. The van der Waals surface area contributed by atoms with Crippen LogP contribution in [0.3, 0.4) is 0 Å². The van der Waals surface area contributed by atoms with Crippen molar-refractivity contribution in [2.24, 2.45) is 0 Å². The van der Waals surface area contributed by atoms with Crippen molar-refractivity contribution in [3.05, 3.63) is 54.7 Å². The molecule has 0 spiro atoms. The Hall–Kier alpha value is -3.32. The zero-order chi connectivity index (χ0) is 19.5. The van der Waals surface area contributed by atoms with Crippen molar-refractivity contribution < 1.29 is 14.2 Å². The number of ether oxygens (including phenoxy) is 3. The Kier molecular flexibility index (Phi) is 4.99. The second-order valence-corrected chi connectivity index (χ2v) is 7.04. The standard InChI is InChI=1S/C21H19N3O3S/c1-25-16-11-14(12-17(26-2)20(16)27-3)23-21-22-9-8-15(24-21)19-10-13-6-4-5-7-18(13)28-19/h4-12H,1-3H3,(H,22,23,24). The lowest BCUT2D eigenvalue weighted by Gasteiger charge is -2.14. The lowest BCUT2D eigenvalue weighted by atomic mass is 10.2. The van der Waals surface area contributed by atoms with E-state index in [4.69, 9.17) is 14.2 Å². The maximum absolute atomic E-state index is 5.40. The zero-order valence-corrected chi connectivity index (χ0v) is 16.5. The summed E-state index contributed by atoms with van der Waals surface area (Å²) in [5.41, 5.74) is 1.61. The molecule has 6 nitrogen and oxygen atoms in total. The van der Waals surface area contributed by atoms with Gasteiger partial charge in [-0.15, -0.1) is 11.3 Å². The first-order chi connectivity index (χ1) is 13.7. The number of hydrogen-bond donors (Lipinski definition) is 1. The molecular weight excluding hydrogens is 374 g/mol. The molecule has 0 atom stereocenters. The number of thiophene rings is 1. The number of hydrogen-bond acceptors (Lipinski definition) is 7. The highest BCUT2D eigenvalue weighted by Gasteiger charge is 2.14. The Labute approximate surface area is 166 Å². The summed E-state index contributed by atoms with van der Waals surface area (Å²) in [7, 11) is 4.74. The monoisotopic (exact) mass is 393 g/mol. The molecule has 4 rings (SSSR count). The number of benzene rings is 2. The molecule has 4 aromatic rings. The molecule has 0 radical (unpaired) electrons. The highest BCUT2D eigenvalue weighted by atomic mass is 32.1. The number of fused-ring (bicyclic) bond motifs is 1. The Bertz CT molecular complexity index is 1070. The fraction of sp³-hybridized carbons (Fsp3) is 0.143. The summed E-state index contributed by atoms with van der Waals surface area (Å²) >= 11 is 1.71. The van der Waals surface area contributed by atoms with Crippen LogP contribution in [0.25, 0.3) is 20.7 Å².